The van der Waals surface area contributed by atoms with Gasteiger partial charge in [-0.15, -0.1) is 0 Å². The summed E-state index contributed by atoms with van der Waals surface area (Å²) in [5.74, 6) is 0.368. The van der Waals surface area contributed by atoms with Crippen molar-refractivity contribution < 1.29 is 14.6 Å². The van der Waals surface area contributed by atoms with Gasteiger partial charge in [-0.25, -0.2) is 0 Å². The van der Waals surface area contributed by atoms with E-state index in [1.165, 1.54) is 0 Å². The zero-order chi connectivity index (χ0) is 10.2. The third kappa shape index (κ3) is 4.25. The highest BCUT2D eigenvalue weighted by Gasteiger charge is 1.94. The van der Waals surface area contributed by atoms with Gasteiger partial charge in [0, 0.05) is 0 Å². The van der Waals surface area contributed by atoms with Gasteiger partial charge in [-0.3, -0.25) is 0 Å². The van der Waals surface area contributed by atoms with Gasteiger partial charge < -0.3 is 14.6 Å². The normalized spacial score (nSPS) is 15.5. The average Bonchev–Trinajstić information content (AvgIpc) is 2.26. The summed E-state index contributed by atoms with van der Waals surface area (Å²) >= 11 is 0. The maximum atomic E-state index is 8.92. The van der Waals surface area contributed by atoms with Crippen LogP contribution in [0, 0.1) is 6.92 Å². The number of hydrogen-bond donors (Lipinski definition) is 1. The van der Waals surface area contributed by atoms with Crippen LogP contribution in [0.25, 0.3) is 0 Å². The summed E-state index contributed by atoms with van der Waals surface area (Å²) < 4.78 is 9.89. The van der Waals surface area contributed by atoms with Crippen molar-refractivity contribution >= 4 is 0 Å². The van der Waals surface area contributed by atoms with Gasteiger partial charge in [0.15, 0.2) is 0 Å². The van der Waals surface area contributed by atoms with E-state index in [-0.39, 0.29) is 0 Å². The van der Waals surface area contributed by atoms with Crippen molar-refractivity contribution in [2.24, 2.45) is 0 Å². The molecule has 0 radical (unpaired) electrons. The van der Waals surface area contributed by atoms with Gasteiger partial charge in [-0.05, 0) is 18.6 Å². The van der Waals surface area contributed by atoms with Crippen LogP contribution in [-0.2, 0) is 9.47 Å². The lowest BCUT2D eigenvalue weighted by atomic mass is 10.2. The van der Waals surface area contributed by atoms with Crippen LogP contribution in [0.5, 0.6) is 5.75 Å². The van der Waals surface area contributed by atoms with Gasteiger partial charge >= 0.3 is 0 Å². The van der Waals surface area contributed by atoms with E-state index in [4.69, 9.17) is 14.6 Å². The molecule has 2 rings (SSSR count). The predicted molar refractivity (Wildman–Crippen MR) is 54.5 cm³/mol. The van der Waals surface area contributed by atoms with Crippen LogP contribution in [0.1, 0.15) is 5.56 Å². The molecule has 0 aromatic heterocycles. The molecule has 1 fully saturated rings. The second-order valence-electron chi connectivity index (χ2n) is 3.01. The van der Waals surface area contributed by atoms with Gasteiger partial charge in [0.2, 0.25) is 0 Å². The summed E-state index contributed by atoms with van der Waals surface area (Å²) in [6.07, 6.45) is 0. The van der Waals surface area contributed by atoms with Crippen molar-refractivity contribution in [1.29, 1.82) is 0 Å². The van der Waals surface area contributed by atoms with Crippen molar-refractivity contribution in [3.05, 3.63) is 29.8 Å². The molecular formula is C11H16O3. The van der Waals surface area contributed by atoms with E-state index in [9.17, 15) is 0 Å². The summed E-state index contributed by atoms with van der Waals surface area (Å²) in [7, 11) is 0. The lowest BCUT2D eigenvalue weighted by Crippen LogP contribution is -2.16. The Balaban J connectivity index is 0.000000146. The molecule has 0 spiro atoms. The third-order valence-corrected chi connectivity index (χ3v) is 1.86. The summed E-state index contributed by atoms with van der Waals surface area (Å²) in [6.45, 7) is 4.98. The Hall–Kier alpha value is -1.06. The number of para-hydroxylation sites is 1. The van der Waals surface area contributed by atoms with Crippen molar-refractivity contribution in [2.45, 2.75) is 6.92 Å². The molecular weight excluding hydrogens is 180 g/mol. The topological polar surface area (TPSA) is 38.7 Å². The number of rotatable bonds is 0. The fraction of sp³-hybridized carbons (Fsp3) is 0.455. The standard InChI is InChI=1S/C7H8O.C4H8O2/c1-6-4-2-3-5-7(6)8;1-2-6-4-3-5-1/h2-5,8H,1H3;1-4H2. The zero-order valence-corrected chi connectivity index (χ0v) is 8.40. The molecule has 1 N–H and O–H groups in total. The molecule has 1 aliphatic heterocycles. The maximum absolute atomic E-state index is 8.92. The second-order valence-corrected chi connectivity index (χ2v) is 3.01. The lowest BCUT2D eigenvalue weighted by molar-refractivity contribution is -0.0334. The number of phenolic OH excluding ortho intramolecular Hbond substituents is 1. The van der Waals surface area contributed by atoms with Crippen LogP contribution in [0.4, 0.5) is 0 Å². The van der Waals surface area contributed by atoms with E-state index >= 15 is 0 Å². The molecule has 0 bridgehead atoms. The fourth-order valence-corrected chi connectivity index (χ4v) is 1.00. The number of hydrogen-bond acceptors (Lipinski definition) is 3. The first-order valence-corrected chi connectivity index (χ1v) is 4.71. The summed E-state index contributed by atoms with van der Waals surface area (Å²) in [5, 5.41) is 8.92. The van der Waals surface area contributed by atoms with Gasteiger partial charge in [0.1, 0.15) is 5.75 Å². The van der Waals surface area contributed by atoms with E-state index in [0.29, 0.717) is 5.75 Å². The Morgan fingerprint density at radius 2 is 1.50 bits per heavy atom. The van der Waals surface area contributed by atoms with Gasteiger partial charge in [-0.1, -0.05) is 18.2 Å². The number of aromatic hydroxyl groups is 1. The predicted octanol–water partition coefficient (Wildman–Crippen LogP) is 1.73. The molecule has 1 saturated heterocycles. The van der Waals surface area contributed by atoms with Crippen LogP contribution in [-0.4, -0.2) is 31.5 Å². The van der Waals surface area contributed by atoms with Crippen LogP contribution < -0.4 is 0 Å². The Morgan fingerprint density at radius 3 is 1.79 bits per heavy atom. The van der Waals surface area contributed by atoms with E-state index < -0.39 is 0 Å². The van der Waals surface area contributed by atoms with E-state index in [1.807, 2.05) is 25.1 Å². The van der Waals surface area contributed by atoms with Crippen LogP contribution in [0.2, 0.25) is 0 Å². The Kier molecular flexibility index (Phi) is 5.04. The number of benzene rings is 1. The van der Waals surface area contributed by atoms with E-state index in [1.54, 1.807) is 6.07 Å². The number of aryl methyl sites for hydroxylation is 1. The highest BCUT2D eigenvalue weighted by molar-refractivity contribution is 5.29. The second kappa shape index (κ2) is 6.40. The minimum absolute atomic E-state index is 0.368. The number of phenols is 1. The Morgan fingerprint density at radius 1 is 1.00 bits per heavy atom. The summed E-state index contributed by atoms with van der Waals surface area (Å²) in [5.41, 5.74) is 0.924. The van der Waals surface area contributed by atoms with Crippen molar-refractivity contribution in [3.8, 4) is 5.75 Å². The minimum Gasteiger partial charge on any atom is -0.508 e. The third-order valence-electron chi connectivity index (χ3n) is 1.86. The molecule has 78 valence electrons. The zero-order valence-electron chi connectivity index (χ0n) is 8.40. The molecule has 1 heterocycles. The van der Waals surface area contributed by atoms with Crippen LogP contribution in [0.15, 0.2) is 24.3 Å². The van der Waals surface area contributed by atoms with Crippen molar-refractivity contribution in [1.82, 2.24) is 0 Å². The van der Waals surface area contributed by atoms with Gasteiger partial charge in [-0.2, -0.15) is 0 Å². The molecule has 1 aromatic rings. The van der Waals surface area contributed by atoms with Crippen LogP contribution >= 0.6 is 0 Å². The van der Waals surface area contributed by atoms with Crippen molar-refractivity contribution in [2.75, 3.05) is 26.4 Å². The molecule has 0 saturated carbocycles. The first kappa shape index (κ1) is 11.0. The minimum atomic E-state index is 0.368. The average molecular weight is 196 g/mol. The molecule has 0 aliphatic carbocycles. The SMILES string of the molecule is C1COCCO1.Cc1ccccc1O. The van der Waals surface area contributed by atoms with E-state index in [2.05, 4.69) is 0 Å². The summed E-state index contributed by atoms with van der Waals surface area (Å²) in [6, 6.07) is 7.25. The molecule has 0 atom stereocenters. The fourth-order valence-electron chi connectivity index (χ4n) is 1.00. The summed E-state index contributed by atoms with van der Waals surface area (Å²) in [4.78, 5) is 0. The highest BCUT2D eigenvalue weighted by atomic mass is 16.6. The van der Waals surface area contributed by atoms with Crippen LogP contribution in [0.3, 0.4) is 0 Å². The lowest BCUT2D eigenvalue weighted by Gasteiger charge is -2.09. The smallest absolute Gasteiger partial charge is 0.118 e. The molecule has 3 nitrogen and oxygen atoms in total. The molecule has 0 amide bonds. The first-order chi connectivity index (χ1) is 6.80. The van der Waals surface area contributed by atoms with Gasteiger partial charge in [0.25, 0.3) is 0 Å². The highest BCUT2D eigenvalue weighted by Crippen LogP contribution is 2.12. The maximum Gasteiger partial charge on any atom is 0.118 e. The largest absolute Gasteiger partial charge is 0.508 e. The monoisotopic (exact) mass is 196 g/mol. The van der Waals surface area contributed by atoms with E-state index in [0.717, 1.165) is 32.0 Å². The van der Waals surface area contributed by atoms with Crippen molar-refractivity contribution in [3.63, 3.8) is 0 Å². The molecule has 1 aliphatic rings. The molecule has 0 unspecified atom stereocenters. The molecule has 1 aromatic carbocycles. The Bertz CT molecular complexity index is 224. The molecule has 14 heavy (non-hydrogen) atoms. The first-order valence-electron chi connectivity index (χ1n) is 4.71. The Labute approximate surface area is 84.3 Å². The molecule has 3 heteroatoms. The quantitative estimate of drug-likeness (QED) is 0.686. The van der Waals surface area contributed by atoms with Gasteiger partial charge in [0.05, 0.1) is 26.4 Å². The number of ether oxygens (including phenoxy) is 2.